The van der Waals surface area contributed by atoms with Crippen LogP contribution in [0.1, 0.15) is 0 Å². The first-order chi connectivity index (χ1) is 30.2. The van der Waals surface area contributed by atoms with E-state index in [-0.39, 0.29) is 0 Å². The average Bonchev–Trinajstić information content (AvgIpc) is 4.04. The van der Waals surface area contributed by atoms with Crippen molar-refractivity contribution in [2.75, 3.05) is 0 Å². The summed E-state index contributed by atoms with van der Waals surface area (Å²) in [6.45, 7) is 0. The maximum atomic E-state index is 5.48. The first kappa shape index (κ1) is 35.1. The molecule has 0 saturated carbocycles. The van der Waals surface area contributed by atoms with Crippen molar-refractivity contribution in [1.29, 1.82) is 0 Å². The van der Waals surface area contributed by atoms with Gasteiger partial charge in [-0.05, 0) is 71.8 Å². The van der Waals surface area contributed by atoms with E-state index in [0.29, 0.717) is 0 Å². The van der Waals surface area contributed by atoms with Gasteiger partial charge in [0.1, 0.15) is 11.3 Å². The van der Waals surface area contributed by atoms with Crippen LogP contribution in [0.2, 0.25) is 0 Å². The summed E-state index contributed by atoms with van der Waals surface area (Å²) in [5, 5.41) is 2.58. The molecule has 0 aliphatic heterocycles. The third-order valence-electron chi connectivity index (χ3n) is 11.6. The Balaban J connectivity index is 1.05. The lowest BCUT2D eigenvalue weighted by Gasteiger charge is -2.13. The molecule has 5 nitrogen and oxygen atoms in total. The molecule has 0 atom stereocenters. The maximum absolute atomic E-state index is 5.48. The Morgan fingerprint density at radius 2 is 0.803 bits per heavy atom. The van der Waals surface area contributed by atoms with E-state index in [4.69, 9.17) is 15.0 Å². The number of thiophene rings is 1. The summed E-state index contributed by atoms with van der Waals surface area (Å²) >= 11 is 1.84. The molecule has 6 heterocycles. The zero-order valence-corrected chi connectivity index (χ0v) is 33.7. The highest BCUT2D eigenvalue weighted by Gasteiger charge is 2.20. The molecule has 0 fully saturated rings. The Bertz CT molecular complexity index is 3420. The summed E-state index contributed by atoms with van der Waals surface area (Å²) in [5.74, 6) is 0. The first-order valence-corrected chi connectivity index (χ1v) is 21.2. The Labute approximate surface area is 356 Å². The Hall–Kier alpha value is -7.93. The summed E-state index contributed by atoms with van der Waals surface area (Å²) in [5.41, 5.74) is 16.2. The molecule has 0 aliphatic rings. The van der Waals surface area contributed by atoms with E-state index in [1.165, 1.54) is 20.2 Å². The predicted molar refractivity (Wildman–Crippen MR) is 253 cm³/mol. The van der Waals surface area contributed by atoms with Crippen LogP contribution in [0, 0.1) is 0 Å². The quantitative estimate of drug-likeness (QED) is 0.161. The summed E-state index contributed by atoms with van der Waals surface area (Å²) in [6.07, 6.45) is 4.19. The minimum absolute atomic E-state index is 0.894. The van der Waals surface area contributed by atoms with Gasteiger partial charge in [-0.25, -0.2) is 15.0 Å². The number of pyridine rings is 3. The second-order valence-corrected chi connectivity index (χ2v) is 16.4. The van der Waals surface area contributed by atoms with Crippen LogP contribution in [-0.2, 0) is 0 Å². The lowest BCUT2D eigenvalue weighted by atomic mass is 9.96. The number of imidazole rings is 2. The molecule has 12 aromatic rings. The van der Waals surface area contributed by atoms with Gasteiger partial charge < -0.3 is 0 Å². The number of hydrogen-bond donors (Lipinski definition) is 0. The van der Waals surface area contributed by atoms with Gasteiger partial charge in [0.05, 0.1) is 34.2 Å². The third kappa shape index (κ3) is 6.12. The molecule has 0 aliphatic carbocycles. The van der Waals surface area contributed by atoms with Crippen molar-refractivity contribution in [2.24, 2.45) is 0 Å². The zero-order chi connectivity index (χ0) is 40.3. The van der Waals surface area contributed by atoms with Gasteiger partial charge in [-0.1, -0.05) is 140 Å². The fourth-order valence-electron chi connectivity index (χ4n) is 8.69. The molecule has 12 rings (SSSR count). The van der Waals surface area contributed by atoms with E-state index in [0.717, 1.165) is 90.0 Å². The first-order valence-electron chi connectivity index (χ1n) is 20.4. The third-order valence-corrected chi connectivity index (χ3v) is 12.7. The van der Waals surface area contributed by atoms with Crippen LogP contribution in [0.25, 0.3) is 110 Å². The van der Waals surface area contributed by atoms with Gasteiger partial charge in [-0.3, -0.25) is 8.80 Å². The Morgan fingerprint density at radius 1 is 0.311 bits per heavy atom. The maximum Gasteiger partial charge on any atom is 0.137 e. The number of aromatic nitrogens is 5. The highest BCUT2D eigenvalue weighted by atomic mass is 32.1. The molecule has 6 heteroatoms. The molecule has 286 valence electrons. The molecule has 0 amide bonds. The molecule has 0 radical (unpaired) electrons. The highest BCUT2D eigenvalue weighted by molar-refractivity contribution is 7.25. The molecule has 0 bridgehead atoms. The molecule has 0 N–H and O–H groups in total. The molecule has 0 saturated heterocycles. The molecular weight excluding hydrogens is 763 g/mol. The van der Waals surface area contributed by atoms with Crippen molar-refractivity contribution < 1.29 is 0 Å². The number of benzene rings is 6. The number of rotatable bonds is 7. The van der Waals surface area contributed by atoms with Gasteiger partial charge in [-0.15, -0.1) is 11.3 Å². The van der Waals surface area contributed by atoms with Crippen LogP contribution >= 0.6 is 11.3 Å². The van der Waals surface area contributed by atoms with Crippen molar-refractivity contribution in [3.05, 3.63) is 213 Å². The summed E-state index contributed by atoms with van der Waals surface area (Å²) in [4.78, 5) is 15.7. The lowest BCUT2D eigenvalue weighted by Crippen LogP contribution is -1.94. The van der Waals surface area contributed by atoms with Gasteiger partial charge >= 0.3 is 0 Å². The normalized spacial score (nSPS) is 11.6. The van der Waals surface area contributed by atoms with Gasteiger partial charge in [0.2, 0.25) is 0 Å². The number of nitrogens with zero attached hydrogens (tertiary/aromatic N) is 5. The van der Waals surface area contributed by atoms with Crippen molar-refractivity contribution >= 4 is 42.8 Å². The monoisotopic (exact) mass is 797 g/mol. The minimum atomic E-state index is 0.894. The average molecular weight is 798 g/mol. The van der Waals surface area contributed by atoms with E-state index in [2.05, 4.69) is 197 Å². The summed E-state index contributed by atoms with van der Waals surface area (Å²) < 4.78 is 6.94. The van der Waals surface area contributed by atoms with Crippen molar-refractivity contribution in [1.82, 2.24) is 23.8 Å². The fraction of sp³-hybridized carbons (Fsp3) is 0. The van der Waals surface area contributed by atoms with E-state index >= 15 is 0 Å². The largest absolute Gasteiger partial charge is 0.299 e. The number of fused-ring (bicyclic) bond motifs is 5. The molecular formula is C55H35N5S. The second kappa shape index (κ2) is 14.4. The fourth-order valence-corrected chi connectivity index (χ4v) is 9.83. The smallest absolute Gasteiger partial charge is 0.137 e. The van der Waals surface area contributed by atoms with Gasteiger partial charge in [0.15, 0.2) is 0 Å². The van der Waals surface area contributed by atoms with Gasteiger partial charge in [-0.2, -0.15) is 0 Å². The standard InChI is InChI=1S/C55H35N5S/c1-3-15-36(16-4-1)52-54(59-29-11-9-25-50(59)57-52)41-21-13-19-39(31-41)46-33-43(38-27-28-45-44-23-7-8-24-48(44)61-49(45)35-38)34-47(56-46)40-20-14-22-42(32-40)55-53(37-17-5-2-6-18-37)58-51-26-10-12-30-60(51)55/h1-35H. The molecule has 6 aromatic carbocycles. The van der Waals surface area contributed by atoms with Crippen LogP contribution in [-0.4, -0.2) is 23.8 Å². The molecule has 0 spiro atoms. The van der Waals surface area contributed by atoms with Crippen molar-refractivity contribution in [2.45, 2.75) is 0 Å². The second-order valence-electron chi connectivity index (χ2n) is 15.3. The topological polar surface area (TPSA) is 47.5 Å². The Kier molecular flexibility index (Phi) is 8.28. The van der Waals surface area contributed by atoms with E-state index in [9.17, 15) is 0 Å². The summed E-state index contributed by atoms with van der Waals surface area (Å²) in [7, 11) is 0. The van der Waals surface area contributed by atoms with Crippen molar-refractivity contribution in [3.8, 4) is 78.7 Å². The van der Waals surface area contributed by atoms with Crippen LogP contribution < -0.4 is 0 Å². The van der Waals surface area contributed by atoms with Gasteiger partial charge in [0, 0.05) is 65.9 Å². The van der Waals surface area contributed by atoms with Crippen LogP contribution in [0.5, 0.6) is 0 Å². The number of hydrogen-bond acceptors (Lipinski definition) is 4. The van der Waals surface area contributed by atoms with E-state index in [1.807, 2.05) is 35.6 Å². The van der Waals surface area contributed by atoms with E-state index in [1.54, 1.807) is 0 Å². The summed E-state index contributed by atoms with van der Waals surface area (Å²) in [6, 6.07) is 70.7. The van der Waals surface area contributed by atoms with Crippen LogP contribution in [0.4, 0.5) is 0 Å². The highest BCUT2D eigenvalue weighted by Crippen LogP contribution is 2.40. The molecule has 6 aromatic heterocycles. The molecule has 61 heavy (non-hydrogen) atoms. The lowest BCUT2D eigenvalue weighted by molar-refractivity contribution is 1.19. The van der Waals surface area contributed by atoms with Crippen LogP contribution in [0.15, 0.2) is 213 Å². The molecule has 0 unspecified atom stereocenters. The van der Waals surface area contributed by atoms with Crippen LogP contribution in [0.3, 0.4) is 0 Å². The minimum Gasteiger partial charge on any atom is -0.299 e. The van der Waals surface area contributed by atoms with E-state index < -0.39 is 0 Å². The SMILES string of the molecule is c1ccc(-c2nc3ccccn3c2-c2cccc(-c3cc(-c4ccc5c(c4)sc4ccccc45)cc(-c4cccc(-c5c(-c6ccccc6)nc6ccccn56)c4)n3)c2)cc1. The van der Waals surface area contributed by atoms with Gasteiger partial charge in [0.25, 0.3) is 0 Å². The Morgan fingerprint density at radius 3 is 1.39 bits per heavy atom. The predicted octanol–water partition coefficient (Wildman–Crippen LogP) is 14.4. The zero-order valence-electron chi connectivity index (χ0n) is 32.9. The van der Waals surface area contributed by atoms with Crippen molar-refractivity contribution in [3.63, 3.8) is 0 Å².